The van der Waals surface area contributed by atoms with Gasteiger partial charge in [0, 0.05) is 12.0 Å². The molecule has 1 atom stereocenters. The number of nitrogens with zero attached hydrogens (tertiary/aromatic N) is 2. The highest BCUT2D eigenvalue weighted by Gasteiger charge is 2.30. The lowest BCUT2D eigenvalue weighted by Crippen LogP contribution is -2.10. The third kappa shape index (κ3) is 3.78. The lowest BCUT2D eigenvalue weighted by molar-refractivity contribution is -0.137. The van der Waals surface area contributed by atoms with Gasteiger partial charge in [-0.3, -0.25) is 0 Å². The van der Waals surface area contributed by atoms with Crippen molar-refractivity contribution in [2.45, 2.75) is 19.0 Å². The van der Waals surface area contributed by atoms with E-state index in [0.29, 0.717) is 23.8 Å². The molecule has 4 nitrogen and oxygen atoms in total. The Morgan fingerprint density at radius 3 is 2.82 bits per heavy atom. The van der Waals surface area contributed by atoms with E-state index in [1.54, 1.807) is 6.07 Å². The summed E-state index contributed by atoms with van der Waals surface area (Å²) in [6.45, 7) is 1.88. The summed E-state index contributed by atoms with van der Waals surface area (Å²) in [4.78, 5) is 4.19. The highest BCUT2D eigenvalue weighted by molar-refractivity contribution is 5.85. The van der Waals surface area contributed by atoms with Gasteiger partial charge in [-0.15, -0.1) is 12.4 Å². The van der Waals surface area contributed by atoms with Gasteiger partial charge in [-0.05, 0) is 37.6 Å². The molecule has 1 saturated heterocycles. The van der Waals surface area contributed by atoms with Crippen molar-refractivity contribution in [3.8, 4) is 11.4 Å². The number of aromatic nitrogens is 2. The molecule has 1 N–H and O–H groups in total. The molecule has 0 amide bonds. The van der Waals surface area contributed by atoms with Crippen LogP contribution < -0.4 is 5.32 Å². The Bertz CT molecular complexity index is 624. The van der Waals surface area contributed by atoms with Crippen molar-refractivity contribution in [1.82, 2.24) is 15.5 Å². The van der Waals surface area contributed by atoms with Crippen LogP contribution in [0.1, 0.15) is 17.9 Å². The van der Waals surface area contributed by atoms with Crippen LogP contribution in [0.5, 0.6) is 0 Å². The number of hydrogen-bond acceptors (Lipinski definition) is 4. The normalized spacial score (nSPS) is 18.2. The highest BCUT2D eigenvalue weighted by Crippen LogP contribution is 2.31. The van der Waals surface area contributed by atoms with Gasteiger partial charge in [0.2, 0.25) is 11.7 Å². The summed E-state index contributed by atoms with van der Waals surface area (Å²) in [6, 6.07) is 4.94. The lowest BCUT2D eigenvalue weighted by atomic mass is 10.1. The zero-order valence-corrected chi connectivity index (χ0v) is 12.4. The zero-order valence-electron chi connectivity index (χ0n) is 11.6. The fraction of sp³-hybridized carbons (Fsp3) is 0.429. The smallest absolute Gasteiger partial charge is 0.339 e. The van der Waals surface area contributed by atoms with Crippen molar-refractivity contribution in [3.05, 3.63) is 35.7 Å². The highest BCUT2D eigenvalue weighted by atomic mass is 35.5. The second-order valence-electron chi connectivity index (χ2n) is 5.15. The van der Waals surface area contributed by atoms with Crippen molar-refractivity contribution in [1.29, 1.82) is 0 Å². The number of halogens is 4. The van der Waals surface area contributed by atoms with Crippen molar-refractivity contribution >= 4 is 12.4 Å². The summed E-state index contributed by atoms with van der Waals surface area (Å²) >= 11 is 0. The molecule has 0 saturated carbocycles. The fourth-order valence-electron chi connectivity index (χ4n) is 2.43. The van der Waals surface area contributed by atoms with Gasteiger partial charge in [0.05, 0.1) is 5.56 Å². The Balaban J connectivity index is 0.00000176. The van der Waals surface area contributed by atoms with Crippen LogP contribution in [-0.4, -0.2) is 23.2 Å². The van der Waals surface area contributed by atoms with Gasteiger partial charge in [0.15, 0.2) is 0 Å². The van der Waals surface area contributed by atoms with Crippen LogP contribution in [0.2, 0.25) is 0 Å². The first-order valence-electron chi connectivity index (χ1n) is 6.73. The summed E-state index contributed by atoms with van der Waals surface area (Å²) in [6.07, 6.45) is -2.68. The molecule has 1 aromatic carbocycles. The van der Waals surface area contributed by atoms with Crippen LogP contribution in [-0.2, 0) is 12.6 Å². The number of nitrogens with one attached hydrogen (secondary N) is 1. The maximum Gasteiger partial charge on any atom is 0.416 e. The summed E-state index contributed by atoms with van der Waals surface area (Å²) in [5, 5.41) is 7.02. The standard InChI is InChI=1S/C14H14F3N3O.ClH/c15-14(16,17)11-3-1-2-10(7-11)13-19-12(21-20-13)6-9-4-5-18-8-9;/h1-3,7,9,18H,4-6,8H2;1H. The maximum atomic E-state index is 12.7. The molecule has 0 spiro atoms. The van der Waals surface area contributed by atoms with Gasteiger partial charge in [0.1, 0.15) is 0 Å². The van der Waals surface area contributed by atoms with E-state index in [4.69, 9.17) is 4.52 Å². The molecule has 1 aliphatic heterocycles. The Morgan fingerprint density at radius 1 is 1.32 bits per heavy atom. The van der Waals surface area contributed by atoms with E-state index in [1.165, 1.54) is 6.07 Å². The van der Waals surface area contributed by atoms with Crippen LogP contribution in [0.3, 0.4) is 0 Å². The molecule has 8 heteroatoms. The monoisotopic (exact) mass is 333 g/mol. The predicted octanol–water partition coefficient (Wildman–Crippen LogP) is 3.33. The second kappa shape index (κ2) is 6.66. The molecule has 1 unspecified atom stereocenters. The van der Waals surface area contributed by atoms with Crippen LogP contribution in [0, 0.1) is 5.92 Å². The molecule has 1 aromatic heterocycles. The zero-order chi connectivity index (χ0) is 14.9. The molecule has 3 rings (SSSR count). The van der Waals surface area contributed by atoms with E-state index in [0.717, 1.165) is 31.6 Å². The number of hydrogen-bond donors (Lipinski definition) is 1. The average Bonchev–Trinajstić information content (AvgIpc) is 3.10. The molecule has 0 radical (unpaired) electrons. The van der Waals surface area contributed by atoms with Gasteiger partial charge in [0.25, 0.3) is 0 Å². The molecule has 2 heterocycles. The Hall–Kier alpha value is -1.60. The molecule has 0 bridgehead atoms. The maximum absolute atomic E-state index is 12.7. The average molecular weight is 334 g/mol. The van der Waals surface area contributed by atoms with Crippen molar-refractivity contribution in [2.75, 3.05) is 13.1 Å². The third-order valence-corrected chi connectivity index (χ3v) is 3.54. The second-order valence-corrected chi connectivity index (χ2v) is 5.15. The minimum Gasteiger partial charge on any atom is -0.339 e. The summed E-state index contributed by atoms with van der Waals surface area (Å²) in [5.74, 6) is 1.11. The third-order valence-electron chi connectivity index (χ3n) is 3.54. The molecular formula is C14H15ClF3N3O. The predicted molar refractivity (Wildman–Crippen MR) is 76.7 cm³/mol. The van der Waals surface area contributed by atoms with Gasteiger partial charge in [-0.1, -0.05) is 17.3 Å². The first-order chi connectivity index (χ1) is 10.0. The van der Waals surface area contributed by atoms with Crippen LogP contribution >= 0.6 is 12.4 Å². The minimum absolute atomic E-state index is 0. The quantitative estimate of drug-likeness (QED) is 0.936. The first-order valence-corrected chi connectivity index (χ1v) is 6.73. The van der Waals surface area contributed by atoms with E-state index in [-0.39, 0.29) is 18.2 Å². The summed E-state index contributed by atoms with van der Waals surface area (Å²) in [5.41, 5.74) is -0.407. The van der Waals surface area contributed by atoms with E-state index < -0.39 is 11.7 Å². The van der Waals surface area contributed by atoms with E-state index in [1.807, 2.05) is 0 Å². The molecular weight excluding hydrogens is 319 g/mol. The fourth-order valence-corrected chi connectivity index (χ4v) is 2.43. The SMILES string of the molecule is Cl.FC(F)(F)c1cccc(-c2noc(CC3CCNC3)n2)c1. The van der Waals surface area contributed by atoms with Gasteiger partial charge in [-0.25, -0.2) is 0 Å². The van der Waals surface area contributed by atoms with Crippen LogP contribution in [0.15, 0.2) is 28.8 Å². The Kier molecular flexibility index (Phi) is 5.08. The summed E-state index contributed by atoms with van der Waals surface area (Å²) < 4.78 is 43.2. The molecule has 2 aromatic rings. The van der Waals surface area contributed by atoms with Gasteiger partial charge < -0.3 is 9.84 Å². The number of benzene rings is 1. The van der Waals surface area contributed by atoms with E-state index in [9.17, 15) is 13.2 Å². The van der Waals surface area contributed by atoms with Crippen molar-refractivity contribution in [2.24, 2.45) is 5.92 Å². The van der Waals surface area contributed by atoms with Crippen molar-refractivity contribution < 1.29 is 17.7 Å². The van der Waals surface area contributed by atoms with Crippen molar-refractivity contribution in [3.63, 3.8) is 0 Å². The molecule has 0 aliphatic carbocycles. The van der Waals surface area contributed by atoms with E-state index in [2.05, 4.69) is 15.5 Å². The molecule has 22 heavy (non-hydrogen) atoms. The lowest BCUT2D eigenvalue weighted by Gasteiger charge is -2.06. The van der Waals surface area contributed by atoms with Gasteiger partial charge >= 0.3 is 6.18 Å². The molecule has 1 fully saturated rings. The number of rotatable bonds is 3. The number of alkyl halides is 3. The van der Waals surface area contributed by atoms with Crippen LogP contribution in [0.4, 0.5) is 13.2 Å². The van der Waals surface area contributed by atoms with E-state index >= 15 is 0 Å². The Morgan fingerprint density at radius 2 is 2.14 bits per heavy atom. The molecule has 1 aliphatic rings. The minimum atomic E-state index is -4.38. The first kappa shape index (κ1) is 16.8. The summed E-state index contributed by atoms with van der Waals surface area (Å²) in [7, 11) is 0. The topological polar surface area (TPSA) is 51.0 Å². The molecule has 120 valence electrons. The van der Waals surface area contributed by atoms with Crippen LogP contribution in [0.25, 0.3) is 11.4 Å². The largest absolute Gasteiger partial charge is 0.416 e. The Labute approximate surface area is 131 Å². The van der Waals surface area contributed by atoms with Gasteiger partial charge in [-0.2, -0.15) is 18.2 Å².